The summed E-state index contributed by atoms with van der Waals surface area (Å²) in [4.78, 5) is 8.71. The minimum Gasteiger partial charge on any atom is -0.493 e. The highest BCUT2D eigenvalue weighted by Gasteiger charge is 2.23. The van der Waals surface area contributed by atoms with Gasteiger partial charge in [0.1, 0.15) is 18.0 Å². The number of benzene rings is 2. The second kappa shape index (κ2) is 9.39. The van der Waals surface area contributed by atoms with Gasteiger partial charge in [-0.3, -0.25) is 0 Å². The Hall–Kier alpha value is -3.06. The van der Waals surface area contributed by atoms with E-state index in [0.29, 0.717) is 34.6 Å². The van der Waals surface area contributed by atoms with E-state index in [4.69, 9.17) is 21.1 Å². The van der Waals surface area contributed by atoms with E-state index < -0.39 is 5.82 Å². The molecule has 0 aliphatic heterocycles. The molecule has 31 heavy (non-hydrogen) atoms. The minimum atomic E-state index is -0.474. The molecule has 1 heterocycles. The fraction of sp³-hybridized carbons (Fsp3) is 0.304. The van der Waals surface area contributed by atoms with Crippen LogP contribution in [0.2, 0.25) is 5.02 Å². The maximum absolute atomic E-state index is 13.5. The Labute approximate surface area is 185 Å². The van der Waals surface area contributed by atoms with Crippen LogP contribution in [0.25, 0.3) is 10.9 Å². The lowest BCUT2D eigenvalue weighted by molar-refractivity contribution is 0.138. The summed E-state index contributed by atoms with van der Waals surface area (Å²) >= 11 is 5.91. The molecule has 0 amide bonds. The Bertz CT molecular complexity index is 1090. The highest BCUT2D eigenvalue weighted by atomic mass is 35.5. The van der Waals surface area contributed by atoms with Crippen LogP contribution in [0.1, 0.15) is 25.7 Å². The molecule has 0 unspecified atom stereocenters. The van der Waals surface area contributed by atoms with E-state index in [-0.39, 0.29) is 11.1 Å². The van der Waals surface area contributed by atoms with Crippen molar-refractivity contribution in [2.24, 2.45) is 0 Å². The zero-order chi connectivity index (χ0) is 21.8. The number of fused-ring (bicyclic) bond motifs is 1. The Morgan fingerprint density at radius 1 is 1.13 bits per heavy atom. The number of halogens is 2. The fourth-order valence-electron chi connectivity index (χ4n) is 3.82. The van der Waals surface area contributed by atoms with Gasteiger partial charge in [-0.1, -0.05) is 18.2 Å². The number of methoxy groups -OCH3 is 1. The standard InChI is InChI=1S/C23H24ClFN4O2/c1-3-26-14-4-7-16(8-5-14)31-22-11-17-20(12-21(22)30-2)27-13-28-23(17)29-15-6-9-19(25)18(24)10-15/h3,6,9-14,16,26H,1,4-5,7-8H2,2H3,(H,27,28,29). The number of hydrogen-bond donors (Lipinski definition) is 2. The third-order valence-corrected chi connectivity index (χ3v) is 5.71. The number of anilines is 2. The van der Waals surface area contributed by atoms with Gasteiger partial charge in [-0.25, -0.2) is 14.4 Å². The zero-order valence-electron chi connectivity index (χ0n) is 17.2. The molecule has 0 spiro atoms. The predicted octanol–water partition coefficient (Wildman–Crippen LogP) is 5.60. The molecule has 4 rings (SSSR count). The van der Waals surface area contributed by atoms with Crippen LogP contribution in [-0.2, 0) is 0 Å². The molecule has 0 bridgehead atoms. The van der Waals surface area contributed by atoms with Gasteiger partial charge in [0.05, 0.1) is 23.8 Å². The van der Waals surface area contributed by atoms with Crippen molar-refractivity contribution in [3.63, 3.8) is 0 Å². The number of ether oxygens (including phenoxy) is 2. The SMILES string of the molecule is C=CNC1CCC(Oc2cc3c(Nc4ccc(F)c(Cl)c4)ncnc3cc2OC)CC1. The molecule has 1 saturated carbocycles. The first-order chi connectivity index (χ1) is 15.1. The number of nitrogens with zero attached hydrogens (tertiary/aromatic N) is 2. The van der Waals surface area contributed by atoms with Gasteiger partial charge < -0.3 is 20.1 Å². The molecule has 0 saturated heterocycles. The first kappa shape index (κ1) is 21.2. The molecule has 1 aliphatic carbocycles. The zero-order valence-corrected chi connectivity index (χ0v) is 18.0. The Morgan fingerprint density at radius 2 is 1.94 bits per heavy atom. The van der Waals surface area contributed by atoms with Gasteiger partial charge in [0.2, 0.25) is 0 Å². The van der Waals surface area contributed by atoms with E-state index in [1.54, 1.807) is 19.4 Å². The minimum absolute atomic E-state index is 0.0376. The van der Waals surface area contributed by atoms with Crippen molar-refractivity contribution in [1.82, 2.24) is 15.3 Å². The summed E-state index contributed by atoms with van der Waals surface area (Å²) in [7, 11) is 1.61. The van der Waals surface area contributed by atoms with Crippen LogP contribution in [0.5, 0.6) is 11.5 Å². The summed E-state index contributed by atoms with van der Waals surface area (Å²) in [6, 6.07) is 8.59. The van der Waals surface area contributed by atoms with Crippen LogP contribution in [0, 0.1) is 5.82 Å². The molecule has 3 aromatic rings. The molecule has 8 heteroatoms. The van der Waals surface area contributed by atoms with Crippen LogP contribution in [0.15, 0.2) is 49.4 Å². The van der Waals surface area contributed by atoms with Crippen molar-refractivity contribution >= 4 is 34.0 Å². The lowest BCUT2D eigenvalue weighted by Crippen LogP contribution is -2.33. The van der Waals surface area contributed by atoms with Crippen molar-refractivity contribution in [2.75, 3.05) is 12.4 Å². The van der Waals surface area contributed by atoms with Crippen LogP contribution >= 0.6 is 11.6 Å². The molecule has 1 aromatic heterocycles. The number of hydrogen-bond acceptors (Lipinski definition) is 6. The van der Waals surface area contributed by atoms with Crippen LogP contribution in [0.3, 0.4) is 0 Å². The maximum Gasteiger partial charge on any atom is 0.162 e. The third kappa shape index (κ3) is 4.82. The maximum atomic E-state index is 13.5. The van der Waals surface area contributed by atoms with Gasteiger partial charge in [-0.2, -0.15) is 0 Å². The van der Waals surface area contributed by atoms with E-state index in [0.717, 1.165) is 31.1 Å². The van der Waals surface area contributed by atoms with E-state index >= 15 is 0 Å². The highest BCUT2D eigenvalue weighted by molar-refractivity contribution is 6.31. The molecule has 1 aliphatic rings. The Balaban J connectivity index is 1.61. The molecule has 0 radical (unpaired) electrons. The topological polar surface area (TPSA) is 68.3 Å². The van der Waals surface area contributed by atoms with Gasteiger partial charge in [0, 0.05) is 23.2 Å². The fourth-order valence-corrected chi connectivity index (χ4v) is 4.00. The van der Waals surface area contributed by atoms with Crippen LogP contribution in [0.4, 0.5) is 15.9 Å². The van der Waals surface area contributed by atoms with Crippen LogP contribution in [-0.4, -0.2) is 29.2 Å². The number of nitrogens with one attached hydrogen (secondary N) is 2. The summed E-state index contributed by atoms with van der Waals surface area (Å²) in [6.45, 7) is 3.74. The quantitative estimate of drug-likeness (QED) is 0.496. The Morgan fingerprint density at radius 3 is 2.65 bits per heavy atom. The Kier molecular flexibility index (Phi) is 6.42. The van der Waals surface area contributed by atoms with Crippen molar-refractivity contribution in [2.45, 2.75) is 37.8 Å². The molecular weight excluding hydrogens is 419 g/mol. The molecule has 162 valence electrons. The molecule has 1 fully saturated rings. The highest BCUT2D eigenvalue weighted by Crippen LogP contribution is 2.37. The van der Waals surface area contributed by atoms with Crippen molar-refractivity contribution in [3.05, 3.63) is 60.3 Å². The van der Waals surface area contributed by atoms with Gasteiger partial charge in [0.15, 0.2) is 11.5 Å². The summed E-state index contributed by atoms with van der Waals surface area (Å²) in [5.41, 5.74) is 1.33. The van der Waals surface area contributed by atoms with Crippen molar-refractivity contribution in [3.8, 4) is 11.5 Å². The molecule has 6 nitrogen and oxygen atoms in total. The van der Waals surface area contributed by atoms with Crippen molar-refractivity contribution < 1.29 is 13.9 Å². The summed E-state index contributed by atoms with van der Waals surface area (Å²) in [5.74, 6) is 1.36. The monoisotopic (exact) mass is 442 g/mol. The number of rotatable bonds is 7. The van der Waals surface area contributed by atoms with E-state index in [1.165, 1.54) is 18.5 Å². The molecule has 2 N–H and O–H groups in total. The lowest BCUT2D eigenvalue weighted by atomic mass is 9.93. The van der Waals surface area contributed by atoms with E-state index in [2.05, 4.69) is 27.2 Å². The van der Waals surface area contributed by atoms with Gasteiger partial charge >= 0.3 is 0 Å². The molecule has 0 atom stereocenters. The second-order valence-electron chi connectivity index (χ2n) is 7.46. The third-order valence-electron chi connectivity index (χ3n) is 5.42. The van der Waals surface area contributed by atoms with Crippen LogP contribution < -0.4 is 20.1 Å². The molecular formula is C23H24ClFN4O2. The number of aromatic nitrogens is 2. The normalized spacial score (nSPS) is 18.4. The first-order valence-corrected chi connectivity index (χ1v) is 10.5. The largest absolute Gasteiger partial charge is 0.493 e. The average molecular weight is 443 g/mol. The molecule has 2 aromatic carbocycles. The smallest absolute Gasteiger partial charge is 0.162 e. The summed E-state index contributed by atoms with van der Waals surface area (Å²) in [6.07, 6.45) is 7.24. The van der Waals surface area contributed by atoms with E-state index in [1.807, 2.05) is 12.1 Å². The van der Waals surface area contributed by atoms with Gasteiger partial charge in [-0.15, -0.1) is 0 Å². The van der Waals surface area contributed by atoms with E-state index in [9.17, 15) is 4.39 Å². The van der Waals surface area contributed by atoms with Gasteiger partial charge in [-0.05, 0) is 56.1 Å². The second-order valence-corrected chi connectivity index (χ2v) is 7.87. The lowest BCUT2D eigenvalue weighted by Gasteiger charge is -2.29. The first-order valence-electron chi connectivity index (χ1n) is 10.2. The van der Waals surface area contributed by atoms with Gasteiger partial charge in [0.25, 0.3) is 0 Å². The summed E-state index contributed by atoms with van der Waals surface area (Å²) < 4.78 is 25.4. The predicted molar refractivity (Wildman–Crippen MR) is 121 cm³/mol. The summed E-state index contributed by atoms with van der Waals surface area (Å²) in [5, 5.41) is 7.27. The van der Waals surface area contributed by atoms with Crippen molar-refractivity contribution in [1.29, 1.82) is 0 Å². The average Bonchev–Trinajstić information content (AvgIpc) is 2.78.